The van der Waals surface area contributed by atoms with Crippen LogP contribution in [0.2, 0.25) is 0 Å². The third kappa shape index (κ3) is 6.68. The number of halogens is 4. The van der Waals surface area contributed by atoms with Gasteiger partial charge in [-0.25, -0.2) is 14.2 Å². The van der Waals surface area contributed by atoms with Crippen molar-refractivity contribution in [1.29, 1.82) is 0 Å². The van der Waals surface area contributed by atoms with Crippen LogP contribution in [-0.4, -0.2) is 44.8 Å². The van der Waals surface area contributed by atoms with Gasteiger partial charge in [0, 0.05) is 11.1 Å². The number of hydrogen-bond acceptors (Lipinski definition) is 5. The average molecular weight is 442 g/mol. The molecule has 0 aliphatic rings. The van der Waals surface area contributed by atoms with Gasteiger partial charge >= 0.3 is 12.3 Å². The standard InChI is InChI=1S/C21H22F4N2O4/c1-13(17-10-16(29-2)7-8-18(17)30-3)26-27-19(28)15-6-4-5-14(9-15)11-31-12-21(24,25)20(22)23/h4-10,20H,11-12H2,1-3H3,(H,27,28)/b26-13+. The van der Waals surface area contributed by atoms with E-state index in [1.807, 2.05) is 0 Å². The Hall–Kier alpha value is -3.14. The van der Waals surface area contributed by atoms with Gasteiger partial charge in [-0.2, -0.15) is 13.9 Å². The van der Waals surface area contributed by atoms with E-state index >= 15 is 0 Å². The summed E-state index contributed by atoms with van der Waals surface area (Å²) in [6, 6.07) is 11.1. The summed E-state index contributed by atoms with van der Waals surface area (Å²) in [5.41, 5.74) is 4.03. The summed E-state index contributed by atoms with van der Waals surface area (Å²) in [5.74, 6) is -3.67. The fourth-order valence-corrected chi connectivity index (χ4v) is 2.53. The summed E-state index contributed by atoms with van der Waals surface area (Å²) in [5, 5.41) is 4.07. The van der Waals surface area contributed by atoms with Crippen LogP contribution in [-0.2, 0) is 11.3 Å². The van der Waals surface area contributed by atoms with E-state index in [1.165, 1.54) is 38.5 Å². The van der Waals surface area contributed by atoms with Gasteiger partial charge < -0.3 is 14.2 Å². The smallest absolute Gasteiger partial charge is 0.330 e. The van der Waals surface area contributed by atoms with Crippen molar-refractivity contribution in [1.82, 2.24) is 5.43 Å². The molecule has 31 heavy (non-hydrogen) atoms. The Labute approximate surface area is 176 Å². The largest absolute Gasteiger partial charge is 0.497 e. The molecule has 0 atom stereocenters. The number of ether oxygens (including phenoxy) is 3. The maximum Gasteiger partial charge on any atom is 0.330 e. The van der Waals surface area contributed by atoms with Gasteiger partial charge in [0.05, 0.1) is 26.5 Å². The number of amides is 1. The van der Waals surface area contributed by atoms with Gasteiger partial charge in [0.25, 0.3) is 5.91 Å². The average Bonchev–Trinajstić information content (AvgIpc) is 2.76. The number of carbonyl (C=O) groups is 1. The number of methoxy groups -OCH3 is 2. The second-order valence-corrected chi connectivity index (χ2v) is 6.46. The first-order valence-electron chi connectivity index (χ1n) is 9.07. The fraction of sp³-hybridized carbons (Fsp3) is 0.333. The first kappa shape index (κ1) is 24.1. The Morgan fingerprint density at radius 3 is 2.52 bits per heavy atom. The molecule has 0 aliphatic heterocycles. The highest BCUT2D eigenvalue weighted by molar-refractivity contribution is 6.03. The zero-order chi connectivity index (χ0) is 23.0. The Bertz CT molecular complexity index is 935. The number of alkyl halides is 4. The minimum Gasteiger partial charge on any atom is -0.497 e. The summed E-state index contributed by atoms with van der Waals surface area (Å²) in [4.78, 5) is 12.4. The van der Waals surface area contributed by atoms with Crippen LogP contribution in [0, 0.1) is 0 Å². The maximum absolute atomic E-state index is 12.9. The predicted molar refractivity (Wildman–Crippen MR) is 106 cm³/mol. The molecule has 2 rings (SSSR count). The first-order valence-corrected chi connectivity index (χ1v) is 9.07. The summed E-state index contributed by atoms with van der Waals surface area (Å²) >= 11 is 0. The fourth-order valence-electron chi connectivity index (χ4n) is 2.53. The molecule has 0 bridgehead atoms. The van der Waals surface area contributed by atoms with Gasteiger partial charge in [0.2, 0.25) is 0 Å². The summed E-state index contributed by atoms with van der Waals surface area (Å²) < 4.78 is 65.3. The minimum absolute atomic E-state index is 0.191. The van der Waals surface area contributed by atoms with Crippen molar-refractivity contribution in [3.63, 3.8) is 0 Å². The molecule has 10 heteroatoms. The summed E-state index contributed by atoms with van der Waals surface area (Å²) in [6.45, 7) is -0.106. The monoisotopic (exact) mass is 442 g/mol. The highest BCUT2D eigenvalue weighted by Crippen LogP contribution is 2.25. The van der Waals surface area contributed by atoms with Crippen LogP contribution in [0.15, 0.2) is 47.6 Å². The molecule has 0 saturated carbocycles. The molecular formula is C21H22F4N2O4. The SMILES string of the molecule is COc1ccc(OC)c(/C(C)=N/NC(=O)c2cccc(COCC(F)(F)C(F)F)c2)c1. The summed E-state index contributed by atoms with van der Waals surface area (Å²) in [6.07, 6.45) is -3.81. The summed E-state index contributed by atoms with van der Waals surface area (Å²) in [7, 11) is 3.02. The van der Waals surface area contributed by atoms with Crippen molar-refractivity contribution in [2.24, 2.45) is 5.10 Å². The van der Waals surface area contributed by atoms with E-state index in [1.54, 1.807) is 25.1 Å². The Balaban J connectivity index is 2.05. The molecular weight excluding hydrogens is 420 g/mol. The van der Waals surface area contributed by atoms with Crippen LogP contribution in [0.25, 0.3) is 0 Å². The molecule has 0 saturated heterocycles. The van der Waals surface area contributed by atoms with Crippen molar-refractivity contribution in [3.05, 3.63) is 59.2 Å². The highest BCUT2D eigenvalue weighted by atomic mass is 19.3. The number of hydrogen-bond donors (Lipinski definition) is 1. The van der Waals surface area contributed by atoms with Crippen molar-refractivity contribution in [2.75, 3.05) is 20.8 Å². The highest BCUT2D eigenvalue weighted by Gasteiger charge is 2.40. The molecule has 0 fully saturated rings. The van der Waals surface area contributed by atoms with Gasteiger partial charge in [0.15, 0.2) is 0 Å². The third-order valence-corrected chi connectivity index (χ3v) is 4.19. The molecule has 2 aromatic carbocycles. The number of nitrogens with one attached hydrogen (secondary N) is 1. The first-order chi connectivity index (χ1) is 14.7. The second kappa shape index (κ2) is 10.8. The zero-order valence-corrected chi connectivity index (χ0v) is 17.1. The lowest BCUT2D eigenvalue weighted by Gasteiger charge is -2.15. The normalized spacial score (nSPS) is 12.1. The number of benzene rings is 2. The van der Waals surface area contributed by atoms with E-state index in [9.17, 15) is 22.4 Å². The molecule has 0 heterocycles. The van der Waals surface area contributed by atoms with Crippen molar-refractivity contribution < 1.29 is 36.6 Å². The lowest BCUT2D eigenvalue weighted by atomic mass is 10.1. The third-order valence-electron chi connectivity index (χ3n) is 4.19. The van der Waals surface area contributed by atoms with Crippen LogP contribution < -0.4 is 14.9 Å². The van der Waals surface area contributed by atoms with Crippen LogP contribution in [0.4, 0.5) is 17.6 Å². The Morgan fingerprint density at radius 1 is 1.13 bits per heavy atom. The molecule has 0 spiro atoms. The van der Waals surface area contributed by atoms with Crippen LogP contribution in [0.5, 0.6) is 11.5 Å². The second-order valence-electron chi connectivity index (χ2n) is 6.46. The maximum atomic E-state index is 12.9. The van der Waals surface area contributed by atoms with Crippen molar-refractivity contribution >= 4 is 11.6 Å². The van der Waals surface area contributed by atoms with E-state index in [2.05, 4.69) is 15.3 Å². The van der Waals surface area contributed by atoms with E-state index < -0.39 is 24.9 Å². The van der Waals surface area contributed by atoms with Crippen molar-refractivity contribution in [3.8, 4) is 11.5 Å². The Morgan fingerprint density at radius 2 is 1.87 bits per heavy atom. The van der Waals surface area contributed by atoms with Crippen LogP contribution >= 0.6 is 0 Å². The number of rotatable bonds is 10. The number of carbonyl (C=O) groups excluding carboxylic acids is 1. The molecule has 0 aliphatic carbocycles. The lowest BCUT2D eigenvalue weighted by molar-refractivity contribution is -0.168. The number of nitrogens with zero attached hydrogens (tertiary/aromatic N) is 1. The van der Waals surface area contributed by atoms with Gasteiger partial charge in [-0.15, -0.1) is 0 Å². The molecule has 0 unspecified atom stereocenters. The number of hydrazone groups is 1. The van der Waals surface area contributed by atoms with Crippen LogP contribution in [0.3, 0.4) is 0 Å². The topological polar surface area (TPSA) is 69.2 Å². The van der Waals surface area contributed by atoms with E-state index in [0.717, 1.165) is 0 Å². The lowest BCUT2D eigenvalue weighted by Crippen LogP contribution is -2.32. The van der Waals surface area contributed by atoms with Gasteiger partial charge in [0.1, 0.15) is 18.1 Å². The van der Waals surface area contributed by atoms with E-state index in [-0.39, 0.29) is 12.2 Å². The molecule has 0 radical (unpaired) electrons. The van der Waals surface area contributed by atoms with Gasteiger partial charge in [-0.3, -0.25) is 4.79 Å². The van der Waals surface area contributed by atoms with Gasteiger partial charge in [-0.05, 0) is 42.8 Å². The quantitative estimate of drug-likeness (QED) is 0.339. The van der Waals surface area contributed by atoms with Crippen LogP contribution in [0.1, 0.15) is 28.4 Å². The molecule has 1 amide bonds. The molecule has 6 nitrogen and oxygen atoms in total. The molecule has 2 aromatic rings. The zero-order valence-electron chi connectivity index (χ0n) is 17.1. The van der Waals surface area contributed by atoms with Gasteiger partial charge in [-0.1, -0.05) is 12.1 Å². The van der Waals surface area contributed by atoms with E-state index in [4.69, 9.17) is 9.47 Å². The minimum atomic E-state index is -4.23. The molecule has 168 valence electrons. The van der Waals surface area contributed by atoms with E-state index in [0.29, 0.717) is 28.3 Å². The predicted octanol–water partition coefficient (Wildman–Crippen LogP) is 4.27. The molecule has 1 N–H and O–H groups in total. The van der Waals surface area contributed by atoms with Crippen molar-refractivity contribution in [2.45, 2.75) is 25.9 Å². The Kier molecular flexibility index (Phi) is 8.38. The molecule has 0 aromatic heterocycles.